The van der Waals surface area contributed by atoms with Crippen molar-refractivity contribution in [2.24, 2.45) is 0 Å². The second-order valence-corrected chi connectivity index (χ2v) is 9.94. The number of hydrogen-bond acceptors (Lipinski definition) is 5. The van der Waals surface area contributed by atoms with Crippen LogP contribution in [-0.2, 0) is 11.3 Å². The lowest BCUT2D eigenvalue weighted by atomic mass is 9.88. The van der Waals surface area contributed by atoms with Crippen LogP contribution in [0.5, 0.6) is 0 Å². The zero-order valence-electron chi connectivity index (χ0n) is 22.5. The van der Waals surface area contributed by atoms with Gasteiger partial charge in [0, 0.05) is 61.3 Å². The van der Waals surface area contributed by atoms with Crippen molar-refractivity contribution in [1.82, 2.24) is 15.2 Å². The molecule has 198 valence electrons. The van der Waals surface area contributed by atoms with E-state index in [2.05, 4.69) is 34.1 Å². The van der Waals surface area contributed by atoms with E-state index in [0.717, 1.165) is 67.9 Å². The van der Waals surface area contributed by atoms with Gasteiger partial charge >= 0.3 is 0 Å². The summed E-state index contributed by atoms with van der Waals surface area (Å²) in [6.45, 7) is 10.1. The van der Waals surface area contributed by atoms with Crippen LogP contribution in [-0.4, -0.2) is 61.7 Å². The fourth-order valence-corrected chi connectivity index (χ4v) is 5.42. The normalized spacial score (nSPS) is 17.9. The van der Waals surface area contributed by atoms with Gasteiger partial charge in [-0.1, -0.05) is 0 Å². The molecule has 1 aromatic carbocycles. The van der Waals surface area contributed by atoms with Gasteiger partial charge < -0.3 is 24.8 Å². The standard InChI is InChI=1S/C28H41FN4O3/c1-7-33(23-10-8-22(9-11-23)32(5)12-13-36-6)26-16-21(29)15-24(20(26)4)27(34)30-17-25-18(2)14-19(3)31-28(25)35/h14-16,22-23H,7-13,17H2,1-6H3,(H,30,34)(H,31,35)/t22-,23-. The lowest BCUT2D eigenvalue weighted by molar-refractivity contribution is 0.0949. The van der Waals surface area contributed by atoms with Crippen molar-refractivity contribution in [3.8, 4) is 0 Å². The molecular formula is C28H41FN4O3. The molecule has 0 aliphatic heterocycles. The molecule has 1 saturated carbocycles. The Morgan fingerprint density at radius 2 is 1.81 bits per heavy atom. The van der Waals surface area contributed by atoms with Crippen LogP contribution in [0.1, 0.15) is 65.3 Å². The van der Waals surface area contributed by atoms with Gasteiger partial charge in [0.1, 0.15) is 5.82 Å². The molecule has 1 aromatic heterocycles. The van der Waals surface area contributed by atoms with Crippen LogP contribution in [0, 0.1) is 26.6 Å². The third-order valence-electron chi connectivity index (χ3n) is 7.54. The van der Waals surface area contributed by atoms with Crippen molar-refractivity contribution in [2.75, 3.05) is 38.8 Å². The van der Waals surface area contributed by atoms with E-state index in [4.69, 9.17) is 4.74 Å². The fourth-order valence-electron chi connectivity index (χ4n) is 5.42. The number of hydrogen-bond donors (Lipinski definition) is 2. The minimum absolute atomic E-state index is 0.0870. The minimum atomic E-state index is -0.434. The number of H-pyrrole nitrogens is 1. The predicted octanol–water partition coefficient (Wildman–Crippen LogP) is 4.08. The van der Waals surface area contributed by atoms with E-state index in [0.29, 0.717) is 23.2 Å². The summed E-state index contributed by atoms with van der Waals surface area (Å²) in [5, 5.41) is 2.82. The first kappa shape index (κ1) is 27.9. The molecule has 1 amide bonds. The number of methoxy groups -OCH3 is 1. The first-order valence-corrected chi connectivity index (χ1v) is 12.9. The molecule has 36 heavy (non-hydrogen) atoms. The third kappa shape index (κ3) is 6.53. The number of carbonyl (C=O) groups is 1. The Balaban J connectivity index is 1.75. The average Bonchev–Trinajstić information content (AvgIpc) is 2.84. The summed E-state index contributed by atoms with van der Waals surface area (Å²) < 4.78 is 20.0. The summed E-state index contributed by atoms with van der Waals surface area (Å²) >= 11 is 0. The Bertz CT molecular complexity index is 1110. The van der Waals surface area contributed by atoms with Crippen molar-refractivity contribution < 1.29 is 13.9 Å². The molecular weight excluding hydrogens is 459 g/mol. The number of rotatable bonds is 10. The molecule has 2 aromatic rings. The second kappa shape index (κ2) is 12.5. The molecule has 7 nitrogen and oxygen atoms in total. The molecule has 0 radical (unpaired) electrons. The van der Waals surface area contributed by atoms with Gasteiger partial charge in [0.2, 0.25) is 0 Å². The molecule has 0 atom stereocenters. The quantitative estimate of drug-likeness (QED) is 0.514. The largest absolute Gasteiger partial charge is 0.383 e. The Morgan fingerprint density at radius 3 is 2.42 bits per heavy atom. The number of nitrogens with one attached hydrogen (secondary N) is 2. The molecule has 1 fully saturated rings. The fraction of sp³-hybridized carbons (Fsp3) is 0.571. The Labute approximate surface area is 214 Å². The van der Waals surface area contributed by atoms with Crippen LogP contribution < -0.4 is 15.8 Å². The minimum Gasteiger partial charge on any atom is -0.383 e. The molecule has 0 saturated heterocycles. The Morgan fingerprint density at radius 1 is 1.14 bits per heavy atom. The monoisotopic (exact) mass is 500 g/mol. The Kier molecular flexibility index (Phi) is 9.68. The highest BCUT2D eigenvalue weighted by Gasteiger charge is 2.29. The Hall–Kier alpha value is -2.71. The van der Waals surface area contributed by atoms with E-state index >= 15 is 0 Å². The number of benzene rings is 1. The molecule has 8 heteroatoms. The van der Waals surface area contributed by atoms with E-state index < -0.39 is 5.82 Å². The van der Waals surface area contributed by atoms with Gasteiger partial charge in [-0.25, -0.2) is 4.39 Å². The number of aromatic nitrogens is 1. The topological polar surface area (TPSA) is 77.7 Å². The molecule has 0 unspecified atom stereocenters. The van der Waals surface area contributed by atoms with E-state index in [1.165, 1.54) is 6.07 Å². The van der Waals surface area contributed by atoms with Crippen molar-refractivity contribution in [1.29, 1.82) is 0 Å². The summed E-state index contributed by atoms with van der Waals surface area (Å²) in [4.78, 5) is 32.8. The number of nitrogens with zero attached hydrogens (tertiary/aromatic N) is 2. The van der Waals surface area contributed by atoms with Crippen LogP contribution in [0.15, 0.2) is 23.0 Å². The number of aromatic amines is 1. The molecule has 1 aliphatic carbocycles. The number of pyridine rings is 1. The smallest absolute Gasteiger partial charge is 0.253 e. The van der Waals surface area contributed by atoms with Crippen LogP contribution in [0.25, 0.3) is 0 Å². The van der Waals surface area contributed by atoms with Gasteiger partial charge in [0.15, 0.2) is 0 Å². The summed E-state index contributed by atoms with van der Waals surface area (Å²) in [6.07, 6.45) is 4.19. The second-order valence-electron chi connectivity index (χ2n) is 9.94. The summed E-state index contributed by atoms with van der Waals surface area (Å²) in [5.41, 5.74) is 3.70. The highest BCUT2D eigenvalue weighted by atomic mass is 19.1. The van der Waals surface area contributed by atoms with Crippen LogP contribution in [0.4, 0.5) is 10.1 Å². The van der Waals surface area contributed by atoms with Crippen molar-refractivity contribution >= 4 is 11.6 Å². The molecule has 1 aliphatic rings. The van der Waals surface area contributed by atoms with Crippen LogP contribution in [0.2, 0.25) is 0 Å². The van der Waals surface area contributed by atoms with Crippen molar-refractivity contribution in [3.63, 3.8) is 0 Å². The predicted molar refractivity (Wildman–Crippen MR) is 142 cm³/mol. The average molecular weight is 501 g/mol. The van der Waals surface area contributed by atoms with Gasteiger partial charge in [0.25, 0.3) is 11.5 Å². The number of aryl methyl sites for hydroxylation is 2. The maximum atomic E-state index is 14.8. The SMILES string of the molecule is CCN(c1cc(F)cc(C(=O)NCc2c(C)cc(C)[nH]c2=O)c1C)[C@H]1CC[C@H](N(C)CCOC)CC1. The van der Waals surface area contributed by atoms with Gasteiger partial charge in [-0.15, -0.1) is 0 Å². The molecule has 1 heterocycles. The first-order valence-electron chi connectivity index (χ1n) is 12.9. The number of anilines is 1. The van der Waals surface area contributed by atoms with E-state index in [-0.39, 0.29) is 18.0 Å². The molecule has 0 spiro atoms. The van der Waals surface area contributed by atoms with Gasteiger partial charge in [0.05, 0.1) is 6.61 Å². The first-order chi connectivity index (χ1) is 17.2. The molecule has 3 rings (SSSR count). The number of amides is 1. The van der Waals surface area contributed by atoms with E-state index in [1.54, 1.807) is 13.2 Å². The molecule has 0 bridgehead atoms. The summed E-state index contributed by atoms with van der Waals surface area (Å²) in [6, 6.07) is 5.53. The van der Waals surface area contributed by atoms with Gasteiger partial charge in [-0.05, 0) is 89.8 Å². The highest BCUT2D eigenvalue weighted by molar-refractivity contribution is 5.97. The van der Waals surface area contributed by atoms with E-state index in [1.807, 2.05) is 26.8 Å². The van der Waals surface area contributed by atoms with E-state index in [9.17, 15) is 14.0 Å². The zero-order valence-corrected chi connectivity index (χ0v) is 22.5. The molecule has 2 N–H and O–H groups in total. The summed E-state index contributed by atoms with van der Waals surface area (Å²) in [5.74, 6) is -0.816. The maximum absolute atomic E-state index is 14.8. The van der Waals surface area contributed by atoms with Gasteiger partial charge in [-0.3, -0.25) is 9.59 Å². The third-order valence-corrected chi connectivity index (χ3v) is 7.54. The van der Waals surface area contributed by atoms with Gasteiger partial charge in [-0.2, -0.15) is 0 Å². The lowest BCUT2D eigenvalue weighted by Gasteiger charge is -2.41. The number of carbonyl (C=O) groups excluding carboxylic acids is 1. The zero-order chi connectivity index (χ0) is 26.4. The number of ether oxygens (including phenoxy) is 1. The summed E-state index contributed by atoms with van der Waals surface area (Å²) in [7, 11) is 3.87. The van der Waals surface area contributed by atoms with Crippen LogP contribution >= 0.6 is 0 Å². The maximum Gasteiger partial charge on any atom is 0.253 e. The highest BCUT2D eigenvalue weighted by Crippen LogP contribution is 2.33. The lowest BCUT2D eigenvalue weighted by Crippen LogP contribution is -2.44. The van der Waals surface area contributed by atoms with Crippen LogP contribution in [0.3, 0.4) is 0 Å². The van der Waals surface area contributed by atoms with Crippen molar-refractivity contribution in [3.05, 3.63) is 62.3 Å². The number of halogens is 1. The van der Waals surface area contributed by atoms with Crippen molar-refractivity contribution in [2.45, 2.75) is 72.0 Å². The number of likely N-dealkylation sites (N-methyl/N-ethyl adjacent to an activating group) is 1.